The van der Waals surface area contributed by atoms with E-state index in [0.717, 1.165) is 12.1 Å². The van der Waals surface area contributed by atoms with Crippen molar-refractivity contribution in [3.05, 3.63) is 35.4 Å². The molecule has 0 radical (unpaired) electrons. The van der Waals surface area contributed by atoms with Crippen molar-refractivity contribution in [2.75, 3.05) is 19.8 Å². The number of nitrogens with one attached hydrogen (secondary N) is 1. The van der Waals surface area contributed by atoms with E-state index in [4.69, 9.17) is 4.74 Å². The van der Waals surface area contributed by atoms with Crippen molar-refractivity contribution in [2.24, 2.45) is 5.92 Å². The molecule has 1 N–H and O–H groups in total. The van der Waals surface area contributed by atoms with Gasteiger partial charge in [-0.15, -0.1) is 0 Å². The summed E-state index contributed by atoms with van der Waals surface area (Å²) in [6.45, 7) is 2.01. The highest BCUT2D eigenvalue weighted by Crippen LogP contribution is 2.49. The smallest absolute Gasteiger partial charge is 0.276 e. The Labute approximate surface area is 105 Å². The molecule has 0 bridgehead atoms. The quantitative estimate of drug-likeness (QED) is 0.894. The van der Waals surface area contributed by atoms with Crippen LogP contribution in [0.5, 0.6) is 0 Å². The van der Waals surface area contributed by atoms with Crippen LogP contribution in [0.1, 0.15) is 30.0 Å². The normalized spacial score (nSPS) is 25.1. The summed E-state index contributed by atoms with van der Waals surface area (Å²) in [6.07, 6.45) is 1.28. The first-order chi connectivity index (χ1) is 8.68. The Bertz CT molecular complexity index is 426. The van der Waals surface area contributed by atoms with Gasteiger partial charge in [-0.3, -0.25) is 0 Å². The SMILES string of the molecule is FC(F)(c1cccc(C2COCCN2)c1)C1CC1. The molecule has 1 unspecified atom stereocenters. The number of ether oxygens (including phenoxy) is 1. The van der Waals surface area contributed by atoms with Gasteiger partial charge in [0.25, 0.3) is 5.92 Å². The highest BCUT2D eigenvalue weighted by molar-refractivity contribution is 5.30. The lowest BCUT2D eigenvalue weighted by Crippen LogP contribution is -2.34. The molecule has 1 atom stereocenters. The van der Waals surface area contributed by atoms with Crippen LogP contribution in [0, 0.1) is 5.92 Å². The molecular weight excluding hydrogens is 236 g/mol. The van der Waals surface area contributed by atoms with Gasteiger partial charge in [0.05, 0.1) is 19.3 Å². The van der Waals surface area contributed by atoms with Gasteiger partial charge in [-0.1, -0.05) is 18.2 Å². The topological polar surface area (TPSA) is 21.3 Å². The summed E-state index contributed by atoms with van der Waals surface area (Å²) in [6, 6.07) is 6.81. The molecule has 0 aromatic heterocycles. The lowest BCUT2D eigenvalue weighted by molar-refractivity contribution is -0.0287. The van der Waals surface area contributed by atoms with E-state index in [1.807, 2.05) is 6.07 Å². The molecule has 3 rings (SSSR count). The molecule has 0 spiro atoms. The molecule has 1 saturated carbocycles. The summed E-state index contributed by atoms with van der Waals surface area (Å²) in [5.74, 6) is -3.13. The van der Waals surface area contributed by atoms with Gasteiger partial charge < -0.3 is 10.1 Å². The van der Waals surface area contributed by atoms with Crippen molar-refractivity contribution in [1.82, 2.24) is 5.32 Å². The maximum atomic E-state index is 14.0. The lowest BCUT2D eigenvalue weighted by Gasteiger charge is -2.25. The van der Waals surface area contributed by atoms with Gasteiger partial charge in [-0.05, 0) is 24.5 Å². The number of hydrogen-bond acceptors (Lipinski definition) is 2. The minimum Gasteiger partial charge on any atom is -0.378 e. The van der Waals surface area contributed by atoms with Crippen molar-refractivity contribution < 1.29 is 13.5 Å². The average molecular weight is 253 g/mol. The van der Waals surface area contributed by atoms with E-state index in [0.29, 0.717) is 26.1 Å². The Kier molecular flexibility index (Phi) is 3.08. The van der Waals surface area contributed by atoms with Crippen LogP contribution in [0.15, 0.2) is 24.3 Å². The van der Waals surface area contributed by atoms with E-state index in [2.05, 4.69) is 5.32 Å². The molecule has 2 nitrogen and oxygen atoms in total. The molecule has 1 aliphatic heterocycles. The molecule has 1 saturated heterocycles. The highest BCUT2D eigenvalue weighted by atomic mass is 19.3. The Morgan fingerprint density at radius 3 is 2.78 bits per heavy atom. The van der Waals surface area contributed by atoms with Crippen LogP contribution in [-0.4, -0.2) is 19.8 Å². The molecule has 1 aliphatic carbocycles. The summed E-state index contributed by atoms with van der Waals surface area (Å²) < 4.78 is 33.4. The van der Waals surface area contributed by atoms with E-state index in [1.54, 1.807) is 12.1 Å². The van der Waals surface area contributed by atoms with E-state index in [-0.39, 0.29) is 11.6 Å². The van der Waals surface area contributed by atoms with Crippen LogP contribution >= 0.6 is 0 Å². The zero-order valence-corrected chi connectivity index (χ0v) is 10.2. The van der Waals surface area contributed by atoms with Crippen molar-refractivity contribution in [2.45, 2.75) is 24.8 Å². The largest absolute Gasteiger partial charge is 0.378 e. The van der Waals surface area contributed by atoms with Crippen LogP contribution < -0.4 is 5.32 Å². The van der Waals surface area contributed by atoms with Gasteiger partial charge in [0.15, 0.2) is 0 Å². The molecule has 98 valence electrons. The third-order valence-electron chi connectivity index (χ3n) is 3.69. The number of benzene rings is 1. The molecule has 0 amide bonds. The Morgan fingerprint density at radius 2 is 2.11 bits per heavy atom. The number of hydrogen-bond donors (Lipinski definition) is 1. The fraction of sp³-hybridized carbons (Fsp3) is 0.571. The molecule has 2 aliphatic rings. The number of alkyl halides is 2. The van der Waals surface area contributed by atoms with E-state index >= 15 is 0 Å². The van der Waals surface area contributed by atoms with Crippen LogP contribution in [0.3, 0.4) is 0 Å². The van der Waals surface area contributed by atoms with Crippen molar-refractivity contribution in [3.63, 3.8) is 0 Å². The first kappa shape index (κ1) is 12.1. The van der Waals surface area contributed by atoms with Gasteiger partial charge in [0.2, 0.25) is 0 Å². The average Bonchev–Trinajstić information content (AvgIpc) is 3.25. The Hall–Kier alpha value is -1.00. The predicted molar refractivity (Wildman–Crippen MR) is 64.6 cm³/mol. The second-order valence-corrected chi connectivity index (χ2v) is 5.10. The standard InChI is InChI=1S/C14H17F2NO/c15-14(16,11-4-5-11)12-3-1-2-10(8-12)13-9-18-7-6-17-13/h1-3,8,11,13,17H,4-7,9H2. The molecule has 4 heteroatoms. The lowest BCUT2D eigenvalue weighted by atomic mass is 9.98. The van der Waals surface area contributed by atoms with Gasteiger partial charge in [0.1, 0.15) is 0 Å². The zero-order chi connectivity index (χ0) is 12.6. The highest BCUT2D eigenvalue weighted by Gasteiger charge is 2.47. The fourth-order valence-electron chi connectivity index (χ4n) is 2.42. The Balaban J connectivity index is 1.84. The predicted octanol–water partition coefficient (Wildman–Crippen LogP) is 2.85. The van der Waals surface area contributed by atoms with Crippen molar-refractivity contribution in [1.29, 1.82) is 0 Å². The molecule has 1 aromatic carbocycles. The van der Waals surface area contributed by atoms with Gasteiger partial charge >= 0.3 is 0 Å². The molecule has 18 heavy (non-hydrogen) atoms. The van der Waals surface area contributed by atoms with Gasteiger partial charge in [-0.25, -0.2) is 8.78 Å². The van der Waals surface area contributed by atoms with Crippen molar-refractivity contribution in [3.8, 4) is 0 Å². The summed E-state index contributed by atoms with van der Waals surface area (Å²) in [4.78, 5) is 0. The first-order valence-electron chi connectivity index (χ1n) is 6.47. The maximum Gasteiger partial charge on any atom is 0.276 e. The summed E-state index contributed by atoms with van der Waals surface area (Å²) >= 11 is 0. The second kappa shape index (κ2) is 4.59. The van der Waals surface area contributed by atoms with E-state index in [1.165, 1.54) is 6.07 Å². The molecule has 2 fully saturated rings. The Morgan fingerprint density at radius 1 is 1.28 bits per heavy atom. The third kappa shape index (κ3) is 2.27. The van der Waals surface area contributed by atoms with Crippen LogP contribution in [0.4, 0.5) is 8.78 Å². The second-order valence-electron chi connectivity index (χ2n) is 5.10. The summed E-state index contributed by atoms with van der Waals surface area (Å²) in [5.41, 5.74) is 1.04. The van der Waals surface area contributed by atoms with Crippen LogP contribution in [0.2, 0.25) is 0 Å². The minimum atomic E-state index is -2.68. The number of morpholine rings is 1. The van der Waals surface area contributed by atoms with Crippen LogP contribution in [0.25, 0.3) is 0 Å². The summed E-state index contributed by atoms with van der Waals surface area (Å²) in [5, 5.41) is 3.29. The van der Waals surface area contributed by atoms with Crippen molar-refractivity contribution >= 4 is 0 Å². The van der Waals surface area contributed by atoms with E-state index in [9.17, 15) is 8.78 Å². The summed E-state index contributed by atoms with van der Waals surface area (Å²) in [7, 11) is 0. The molecule has 1 aromatic rings. The van der Waals surface area contributed by atoms with E-state index < -0.39 is 11.8 Å². The first-order valence-corrected chi connectivity index (χ1v) is 6.47. The minimum absolute atomic E-state index is 0.0358. The monoisotopic (exact) mass is 253 g/mol. The number of halogens is 2. The van der Waals surface area contributed by atoms with Gasteiger partial charge in [-0.2, -0.15) is 0 Å². The maximum absolute atomic E-state index is 14.0. The zero-order valence-electron chi connectivity index (χ0n) is 10.2. The third-order valence-corrected chi connectivity index (χ3v) is 3.69. The van der Waals surface area contributed by atoms with Crippen LogP contribution in [-0.2, 0) is 10.7 Å². The number of rotatable bonds is 3. The molecular formula is C14H17F2NO. The van der Waals surface area contributed by atoms with Gasteiger partial charge in [0, 0.05) is 18.0 Å². The molecule has 1 heterocycles. The fourth-order valence-corrected chi connectivity index (χ4v) is 2.42.